The monoisotopic (exact) mass is 372 g/mol. The Labute approximate surface area is 158 Å². The van der Waals surface area contributed by atoms with Gasteiger partial charge in [-0.15, -0.1) is 0 Å². The van der Waals surface area contributed by atoms with Gasteiger partial charge in [-0.25, -0.2) is 0 Å². The number of carbonyl (C=O) groups excluding carboxylic acids is 1. The van der Waals surface area contributed by atoms with Gasteiger partial charge in [0, 0.05) is 0 Å². The first-order valence-corrected chi connectivity index (χ1v) is 8.78. The van der Waals surface area contributed by atoms with Crippen molar-refractivity contribution >= 4 is 11.9 Å². The minimum Gasteiger partial charge on any atom is -0.481 e. The zero-order chi connectivity index (χ0) is 19.3. The van der Waals surface area contributed by atoms with Crippen LogP contribution in [-0.2, 0) is 37.0 Å². The highest BCUT2D eigenvalue weighted by atomic mass is 16.6. The summed E-state index contributed by atoms with van der Waals surface area (Å²) < 4.78 is 16.6. The summed E-state index contributed by atoms with van der Waals surface area (Å²) in [7, 11) is 0. The number of aliphatic carboxylic acids is 1. The van der Waals surface area contributed by atoms with E-state index >= 15 is 0 Å². The standard InChI is InChI=1S/C21H24O6/c22-20(23)11-12-21(24)27-19(15-25-13-17-7-3-1-4-8-17)16-26-14-18-9-5-2-6-10-18/h1-10,19H,11-16H2,(H,22,23). The van der Waals surface area contributed by atoms with E-state index in [2.05, 4.69) is 0 Å². The average molecular weight is 372 g/mol. The molecule has 0 atom stereocenters. The van der Waals surface area contributed by atoms with E-state index in [4.69, 9.17) is 19.3 Å². The number of carboxylic acid groups (broad SMARTS) is 1. The highest BCUT2D eigenvalue weighted by Crippen LogP contribution is 2.07. The molecule has 0 saturated heterocycles. The second-order valence-corrected chi connectivity index (χ2v) is 6.01. The number of rotatable bonds is 12. The van der Waals surface area contributed by atoms with Crippen LogP contribution in [0, 0.1) is 0 Å². The molecule has 0 heterocycles. The number of carbonyl (C=O) groups is 2. The van der Waals surface area contributed by atoms with Crippen LogP contribution in [0.25, 0.3) is 0 Å². The van der Waals surface area contributed by atoms with Gasteiger partial charge in [0.05, 0.1) is 39.3 Å². The van der Waals surface area contributed by atoms with Crippen molar-refractivity contribution in [3.63, 3.8) is 0 Å². The van der Waals surface area contributed by atoms with E-state index in [9.17, 15) is 9.59 Å². The predicted molar refractivity (Wildman–Crippen MR) is 98.9 cm³/mol. The molecule has 1 N–H and O–H groups in total. The first kappa shape index (κ1) is 20.6. The normalized spacial score (nSPS) is 10.7. The van der Waals surface area contributed by atoms with E-state index in [0.717, 1.165) is 11.1 Å². The molecule has 2 aromatic rings. The lowest BCUT2D eigenvalue weighted by Crippen LogP contribution is -2.28. The fourth-order valence-electron chi connectivity index (χ4n) is 2.33. The number of hydrogen-bond acceptors (Lipinski definition) is 5. The Morgan fingerprint density at radius 2 is 1.26 bits per heavy atom. The van der Waals surface area contributed by atoms with Crippen LogP contribution in [0.4, 0.5) is 0 Å². The van der Waals surface area contributed by atoms with Crippen LogP contribution < -0.4 is 0 Å². The summed E-state index contributed by atoms with van der Waals surface area (Å²) in [5, 5.41) is 8.67. The van der Waals surface area contributed by atoms with Crippen LogP contribution in [-0.4, -0.2) is 36.4 Å². The highest BCUT2D eigenvalue weighted by molar-refractivity contribution is 5.76. The van der Waals surface area contributed by atoms with Gasteiger partial charge in [0.1, 0.15) is 6.10 Å². The van der Waals surface area contributed by atoms with E-state index in [1.807, 2.05) is 60.7 Å². The summed E-state index contributed by atoms with van der Waals surface area (Å²) >= 11 is 0. The highest BCUT2D eigenvalue weighted by Gasteiger charge is 2.16. The molecule has 0 saturated carbocycles. The van der Waals surface area contributed by atoms with Crippen LogP contribution in [0.15, 0.2) is 60.7 Å². The van der Waals surface area contributed by atoms with Crippen LogP contribution in [0.2, 0.25) is 0 Å². The SMILES string of the molecule is O=C(O)CCC(=O)OC(COCc1ccccc1)COCc1ccccc1. The van der Waals surface area contributed by atoms with Crippen molar-refractivity contribution in [3.05, 3.63) is 71.8 Å². The van der Waals surface area contributed by atoms with Gasteiger partial charge in [-0.1, -0.05) is 60.7 Å². The summed E-state index contributed by atoms with van der Waals surface area (Å²) in [4.78, 5) is 22.4. The number of carboxylic acids is 1. The molecular weight excluding hydrogens is 348 g/mol. The summed E-state index contributed by atoms with van der Waals surface area (Å²) in [6, 6.07) is 19.3. The molecule has 6 nitrogen and oxygen atoms in total. The molecule has 0 aliphatic heterocycles. The predicted octanol–water partition coefficient (Wildman–Crippen LogP) is 3.20. The van der Waals surface area contributed by atoms with Gasteiger partial charge in [0.2, 0.25) is 0 Å². The maximum Gasteiger partial charge on any atom is 0.306 e. The topological polar surface area (TPSA) is 82.1 Å². The van der Waals surface area contributed by atoms with Crippen molar-refractivity contribution in [2.24, 2.45) is 0 Å². The van der Waals surface area contributed by atoms with Crippen LogP contribution in [0.1, 0.15) is 24.0 Å². The molecule has 2 aromatic carbocycles. The number of benzene rings is 2. The molecular formula is C21H24O6. The molecule has 0 fully saturated rings. The molecule has 0 unspecified atom stereocenters. The fourth-order valence-corrected chi connectivity index (χ4v) is 2.33. The van der Waals surface area contributed by atoms with Crippen LogP contribution in [0.5, 0.6) is 0 Å². The number of esters is 1. The van der Waals surface area contributed by atoms with E-state index in [0.29, 0.717) is 13.2 Å². The third kappa shape index (κ3) is 8.99. The van der Waals surface area contributed by atoms with Gasteiger partial charge in [0.25, 0.3) is 0 Å². The molecule has 0 aromatic heterocycles. The summed E-state index contributed by atoms with van der Waals surface area (Å²) in [6.07, 6.45) is -1.04. The maximum atomic E-state index is 11.8. The Balaban J connectivity index is 1.80. The molecule has 27 heavy (non-hydrogen) atoms. The molecule has 0 amide bonds. The van der Waals surface area contributed by atoms with Gasteiger partial charge in [-0.05, 0) is 11.1 Å². The van der Waals surface area contributed by atoms with Crippen molar-refractivity contribution in [1.29, 1.82) is 0 Å². The molecule has 2 rings (SSSR count). The Bertz CT molecular complexity index is 641. The molecule has 0 spiro atoms. The third-order valence-corrected chi connectivity index (χ3v) is 3.67. The van der Waals surface area contributed by atoms with Gasteiger partial charge >= 0.3 is 11.9 Å². The molecule has 0 radical (unpaired) electrons. The first-order valence-electron chi connectivity index (χ1n) is 8.78. The number of hydrogen-bond donors (Lipinski definition) is 1. The van der Waals surface area contributed by atoms with Crippen molar-refractivity contribution < 1.29 is 28.9 Å². The second-order valence-electron chi connectivity index (χ2n) is 6.01. The fraction of sp³-hybridized carbons (Fsp3) is 0.333. The van der Waals surface area contributed by atoms with E-state index in [-0.39, 0.29) is 26.1 Å². The Morgan fingerprint density at radius 3 is 1.70 bits per heavy atom. The van der Waals surface area contributed by atoms with Crippen molar-refractivity contribution in [1.82, 2.24) is 0 Å². The minimum atomic E-state index is -1.04. The minimum absolute atomic E-state index is 0.169. The lowest BCUT2D eigenvalue weighted by atomic mass is 10.2. The van der Waals surface area contributed by atoms with Gasteiger partial charge in [-0.3, -0.25) is 9.59 Å². The smallest absolute Gasteiger partial charge is 0.306 e. The Hall–Kier alpha value is -2.70. The van der Waals surface area contributed by atoms with Crippen molar-refractivity contribution in [2.75, 3.05) is 13.2 Å². The van der Waals surface area contributed by atoms with Gasteiger partial charge in [0.15, 0.2) is 0 Å². The Morgan fingerprint density at radius 1 is 0.778 bits per heavy atom. The summed E-state index contributed by atoms with van der Waals surface area (Å²) in [6.45, 7) is 1.12. The molecule has 6 heteroatoms. The van der Waals surface area contributed by atoms with E-state index in [1.165, 1.54) is 0 Å². The van der Waals surface area contributed by atoms with E-state index < -0.39 is 18.0 Å². The lowest BCUT2D eigenvalue weighted by Gasteiger charge is -2.18. The first-order chi connectivity index (χ1) is 13.1. The van der Waals surface area contributed by atoms with Crippen LogP contribution >= 0.6 is 0 Å². The molecule has 0 aliphatic carbocycles. The summed E-state index contributed by atoms with van der Waals surface area (Å²) in [5.41, 5.74) is 2.03. The molecule has 0 bridgehead atoms. The number of ether oxygens (including phenoxy) is 3. The quantitative estimate of drug-likeness (QED) is 0.576. The van der Waals surface area contributed by atoms with Crippen LogP contribution in [0.3, 0.4) is 0 Å². The van der Waals surface area contributed by atoms with Gasteiger partial charge < -0.3 is 19.3 Å². The molecule has 144 valence electrons. The van der Waals surface area contributed by atoms with Crippen molar-refractivity contribution in [3.8, 4) is 0 Å². The van der Waals surface area contributed by atoms with E-state index in [1.54, 1.807) is 0 Å². The Kier molecular flexibility index (Phi) is 9.03. The summed E-state index contributed by atoms with van der Waals surface area (Å²) in [5.74, 6) is -1.61. The molecule has 0 aliphatic rings. The zero-order valence-electron chi connectivity index (χ0n) is 15.1. The van der Waals surface area contributed by atoms with Gasteiger partial charge in [-0.2, -0.15) is 0 Å². The average Bonchev–Trinajstić information content (AvgIpc) is 2.68. The largest absolute Gasteiger partial charge is 0.481 e. The maximum absolute atomic E-state index is 11.8. The zero-order valence-corrected chi connectivity index (χ0v) is 15.1. The lowest BCUT2D eigenvalue weighted by molar-refractivity contribution is -0.158. The second kappa shape index (κ2) is 11.8. The third-order valence-electron chi connectivity index (χ3n) is 3.67. The van der Waals surface area contributed by atoms with Crippen molar-refractivity contribution in [2.45, 2.75) is 32.2 Å².